The fourth-order valence-electron chi connectivity index (χ4n) is 4.15. The van der Waals surface area contributed by atoms with Crippen molar-refractivity contribution >= 4 is 50.1 Å². The summed E-state index contributed by atoms with van der Waals surface area (Å²) >= 11 is 3.59. The van der Waals surface area contributed by atoms with Gasteiger partial charge in [-0.2, -0.15) is 0 Å². The molecular weight excluding hydrogens is 435 g/mol. The fraction of sp³-hybridized carbons (Fsp3) is 0.231. The Bertz CT molecular complexity index is 1260. The van der Waals surface area contributed by atoms with Gasteiger partial charge in [-0.3, -0.25) is 0 Å². The molecule has 0 aromatic heterocycles. The quantitative estimate of drug-likeness (QED) is 0.310. The number of hydrogen-bond donors (Lipinski definition) is 0. The fourth-order valence-corrected chi connectivity index (χ4v) is 4.53. The van der Waals surface area contributed by atoms with E-state index in [9.17, 15) is 0 Å². The molecule has 0 bridgehead atoms. The van der Waals surface area contributed by atoms with E-state index < -0.39 is 0 Å². The minimum atomic E-state index is -0.349. The van der Waals surface area contributed by atoms with E-state index in [1.54, 1.807) is 0 Å². The largest absolute Gasteiger partial charge is 0.494 e. The summed E-state index contributed by atoms with van der Waals surface area (Å²) in [4.78, 5) is 0. The minimum Gasteiger partial charge on any atom is -0.399 e. The topological polar surface area (TPSA) is 18.5 Å². The highest BCUT2D eigenvalue weighted by Crippen LogP contribution is 2.38. The highest BCUT2D eigenvalue weighted by atomic mass is 79.9. The number of halogens is 1. The Morgan fingerprint density at radius 3 is 1.80 bits per heavy atom. The monoisotopic (exact) mass is 458 g/mol. The first-order chi connectivity index (χ1) is 14.2. The third-order valence-electron chi connectivity index (χ3n) is 6.56. The molecule has 0 N–H and O–H groups in total. The van der Waals surface area contributed by atoms with Crippen molar-refractivity contribution in [1.29, 1.82) is 0 Å². The van der Waals surface area contributed by atoms with Crippen molar-refractivity contribution in [1.82, 2.24) is 0 Å². The van der Waals surface area contributed by atoms with Crippen molar-refractivity contribution in [3.63, 3.8) is 0 Å². The molecule has 0 spiro atoms. The standard InChI is InChI=1S/C26H24BBrO2/c1-25(2)26(3,4)30-27(29-25)19-11-13-21-17(15-19)7-5-9-23(21)24-10-6-8-18-16-20(28)12-14-22(18)24/h5-16H,1-4H3. The van der Waals surface area contributed by atoms with Gasteiger partial charge in [-0.1, -0.05) is 76.6 Å². The van der Waals surface area contributed by atoms with Crippen LogP contribution >= 0.6 is 15.9 Å². The molecule has 1 aliphatic heterocycles. The van der Waals surface area contributed by atoms with E-state index in [-0.39, 0.29) is 18.3 Å². The van der Waals surface area contributed by atoms with Gasteiger partial charge in [-0.05, 0) is 78.0 Å². The first-order valence-corrected chi connectivity index (χ1v) is 11.1. The molecule has 0 radical (unpaired) electrons. The van der Waals surface area contributed by atoms with Crippen molar-refractivity contribution in [2.24, 2.45) is 0 Å². The molecule has 0 unspecified atom stereocenters. The Hall–Kier alpha value is -2.14. The summed E-state index contributed by atoms with van der Waals surface area (Å²) in [6.45, 7) is 8.35. The van der Waals surface area contributed by atoms with Gasteiger partial charge in [0.25, 0.3) is 0 Å². The molecule has 2 nitrogen and oxygen atoms in total. The highest BCUT2D eigenvalue weighted by Gasteiger charge is 2.51. The van der Waals surface area contributed by atoms with E-state index in [2.05, 4.69) is 116 Å². The van der Waals surface area contributed by atoms with Gasteiger partial charge in [0.15, 0.2) is 0 Å². The highest BCUT2D eigenvalue weighted by molar-refractivity contribution is 9.10. The number of hydrogen-bond acceptors (Lipinski definition) is 2. The minimum absolute atomic E-state index is 0.342. The Morgan fingerprint density at radius 2 is 1.20 bits per heavy atom. The molecule has 0 atom stereocenters. The second-order valence-electron chi connectivity index (χ2n) is 9.05. The summed E-state index contributed by atoms with van der Waals surface area (Å²) in [7, 11) is -0.349. The van der Waals surface area contributed by atoms with Gasteiger partial charge in [0.1, 0.15) is 0 Å². The molecule has 0 amide bonds. The maximum atomic E-state index is 6.26. The van der Waals surface area contributed by atoms with E-state index in [0.717, 1.165) is 9.94 Å². The van der Waals surface area contributed by atoms with Gasteiger partial charge in [0, 0.05) is 4.47 Å². The molecule has 1 heterocycles. The Morgan fingerprint density at radius 1 is 0.667 bits per heavy atom. The van der Waals surface area contributed by atoms with Gasteiger partial charge < -0.3 is 9.31 Å². The molecule has 5 rings (SSSR count). The van der Waals surface area contributed by atoms with Crippen molar-refractivity contribution in [3.05, 3.63) is 77.3 Å². The molecule has 1 saturated heterocycles. The lowest BCUT2D eigenvalue weighted by atomic mass is 9.78. The molecule has 0 saturated carbocycles. The van der Waals surface area contributed by atoms with Crippen molar-refractivity contribution in [2.75, 3.05) is 0 Å². The summed E-state index contributed by atoms with van der Waals surface area (Å²) in [6.07, 6.45) is 0. The van der Waals surface area contributed by atoms with Crippen LogP contribution in [0.3, 0.4) is 0 Å². The molecule has 4 aromatic carbocycles. The van der Waals surface area contributed by atoms with Crippen LogP contribution in [0.15, 0.2) is 77.3 Å². The van der Waals surface area contributed by atoms with Crippen molar-refractivity contribution in [2.45, 2.75) is 38.9 Å². The molecule has 4 heteroatoms. The van der Waals surface area contributed by atoms with Gasteiger partial charge in [0.05, 0.1) is 11.2 Å². The molecule has 4 aromatic rings. The number of fused-ring (bicyclic) bond motifs is 2. The third-order valence-corrected chi connectivity index (χ3v) is 7.06. The van der Waals surface area contributed by atoms with Gasteiger partial charge in [-0.25, -0.2) is 0 Å². The van der Waals surface area contributed by atoms with Crippen LogP contribution in [0.5, 0.6) is 0 Å². The Kier molecular flexibility index (Phi) is 4.59. The zero-order chi connectivity index (χ0) is 21.1. The van der Waals surface area contributed by atoms with E-state index in [1.165, 1.54) is 32.7 Å². The molecule has 1 fully saturated rings. The lowest BCUT2D eigenvalue weighted by molar-refractivity contribution is 0.00578. The molecule has 150 valence electrons. The van der Waals surface area contributed by atoms with Gasteiger partial charge >= 0.3 is 7.12 Å². The van der Waals surface area contributed by atoms with Crippen LogP contribution in [-0.4, -0.2) is 18.3 Å². The van der Waals surface area contributed by atoms with Gasteiger partial charge in [0.2, 0.25) is 0 Å². The Balaban J connectivity index is 1.62. The lowest BCUT2D eigenvalue weighted by Crippen LogP contribution is -2.41. The van der Waals surface area contributed by atoms with Crippen LogP contribution < -0.4 is 5.46 Å². The normalized spacial score (nSPS) is 17.7. The summed E-state index contributed by atoms with van der Waals surface area (Å²) in [5.74, 6) is 0. The average Bonchev–Trinajstić information content (AvgIpc) is 2.93. The number of rotatable bonds is 2. The SMILES string of the molecule is CC1(C)OB(c2ccc3c(-c4cccc5cc(Br)ccc45)cccc3c2)OC1(C)C. The molecular formula is C26H24BBrO2. The Labute approximate surface area is 186 Å². The maximum absolute atomic E-state index is 6.26. The van der Waals surface area contributed by atoms with Crippen LogP contribution in [0, 0.1) is 0 Å². The first-order valence-electron chi connectivity index (χ1n) is 10.3. The molecule has 1 aliphatic rings. The van der Waals surface area contributed by atoms with Crippen LogP contribution in [0.2, 0.25) is 0 Å². The molecule has 0 aliphatic carbocycles. The van der Waals surface area contributed by atoms with E-state index in [1.807, 2.05) is 0 Å². The van der Waals surface area contributed by atoms with Gasteiger partial charge in [-0.15, -0.1) is 0 Å². The second kappa shape index (κ2) is 6.95. The third kappa shape index (κ3) is 3.18. The van der Waals surface area contributed by atoms with E-state index in [0.29, 0.717) is 0 Å². The zero-order valence-corrected chi connectivity index (χ0v) is 19.3. The van der Waals surface area contributed by atoms with Crippen molar-refractivity contribution in [3.8, 4) is 11.1 Å². The zero-order valence-electron chi connectivity index (χ0n) is 17.7. The maximum Gasteiger partial charge on any atom is 0.494 e. The number of benzene rings is 4. The lowest BCUT2D eigenvalue weighted by Gasteiger charge is -2.32. The first kappa shape index (κ1) is 19.8. The predicted molar refractivity (Wildman–Crippen MR) is 130 cm³/mol. The predicted octanol–water partition coefficient (Wildman–Crippen LogP) is 6.72. The van der Waals surface area contributed by atoms with Crippen LogP contribution in [0.4, 0.5) is 0 Å². The average molecular weight is 459 g/mol. The van der Waals surface area contributed by atoms with Crippen molar-refractivity contribution < 1.29 is 9.31 Å². The summed E-state index contributed by atoms with van der Waals surface area (Å²) in [6, 6.07) is 26.0. The van der Waals surface area contributed by atoms with Crippen LogP contribution in [0.1, 0.15) is 27.7 Å². The smallest absolute Gasteiger partial charge is 0.399 e. The second-order valence-corrected chi connectivity index (χ2v) is 9.96. The summed E-state index contributed by atoms with van der Waals surface area (Å²) < 4.78 is 13.6. The van der Waals surface area contributed by atoms with Crippen LogP contribution in [-0.2, 0) is 9.31 Å². The summed E-state index contributed by atoms with van der Waals surface area (Å²) in [5, 5.41) is 4.90. The van der Waals surface area contributed by atoms with Crippen LogP contribution in [0.25, 0.3) is 32.7 Å². The molecule has 30 heavy (non-hydrogen) atoms. The van der Waals surface area contributed by atoms with E-state index in [4.69, 9.17) is 9.31 Å². The van der Waals surface area contributed by atoms with E-state index >= 15 is 0 Å². The summed E-state index contributed by atoms with van der Waals surface area (Å²) in [5.41, 5.74) is 2.85.